The molecule has 0 radical (unpaired) electrons. The summed E-state index contributed by atoms with van der Waals surface area (Å²) in [6, 6.07) is 21.7. The second-order valence-electron chi connectivity index (χ2n) is 18.4. The molecule has 3 aliphatic heterocycles. The fourth-order valence-corrected chi connectivity index (χ4v) is 10.8. The third-order valence-corrected chi connectivity index (χ3v) is 14.2. The van der Waals surface area contributed by atoms with Crippen LogP contribution in [0.4, 0.5) is 0 Å². The summed E-state index contributed by atoms with van der Waals surface area (Å²) in [5, 5.41) is 60.9. The van der Waals surface area contributed by atoms with Crippen LogP contribution >= 0.6 is 0 Å². The summed E-state index contributed by atoms with van der Waals surface area (Å²) in [5.74, 6) is 8.09. The molecule has 0 aromatic heterocycles. The molecule has 0 amide bonds. The van der Waals surface area contributed by atoms with Gasteiger partial charge in [-0.15, -0.1) is 0 Å². The van der Waals surface area contributed by atoms with Crippen LogP contribution in [0.25, 0.3) is 21.9 Å². The van der Waals surface area contributed by atoms with Gasteiger partial charge in [-0.25, -0.2) is 0 Å². The van der Waals surface area contributed by atoms with Gasteiger partial charge in [-0.2, -0.15) is 0 Å². The summed E-state index contributed by atoms with van der Waals surface area (Å²) in [6.45, 7) is 2.64. The van der Waals surface area contributed by atoms with E-state index in [2.05, 4.69) is 17.2 Å². The fourth-order valence-electron chi connectivity index (χ4n) is 10.8. The number of aliphatic hydroxyl groups is 2. The predicted octanol–water partition coefficient (Wildman–Crippen LogP) is 8.83. The van der Waals surface area contributed by atoms with Gasteiger partial charge in [0.1, 0.15) is 53.0 Å². The van der Waals surface area contributed by atoms with E-state index >= 15 is 0 Å². The van der Waals surface area contributed by atoms with Crippen LogP contribution < -0.4 is 24.3 Å². The first-order chi connectivity index (χ1) is 32.7. The monoisotopic (exact) mass is 913 g/mol. The zero-order valence-electron chi connectivity index (χ0n) is 38.6. The van der Waals surface area contributed by atoms with Gasteiger partial charge in [-0.1, -0.05) is 30.9 Å². The van der Waals surface area contributed by atoms with Crippen molar-refractivity contribution < 1.29 is 54.0 Å². The highest BCUT2D eigenvalue weighted by atomic mass is 16.5. The summed E-state index contributed by atoms with van der Waals surface area (Å²) in [7, 11) is 3.55. The molecule has 0 unspecified atom stereocenters. The van der Waals surface area contributed by atoms with Crippen molar-refractivity contribution in [2.45, 2.75) is 108 Å². The van der Waals surface area contributed by atoms with Gasteiger partial charge in [0.05, 0.1) is 31.0 Å². The minimum Gasteiger partial charge on any atom is -0.508 e. The quantitative estimate of drug-likeness (QED) is 0.0464. The Kier molecular flexibility index (Phi) is 14.3. The molecule has 1 saturated carbocycles. The normalized spacial score (nSPS) is 23.7. The van der Waals surface area contributed by atoms with E-state index in [1.165, 1.54) is 0 Å². The van der Waals surface area contributed by atoms with Crippen LogP contribution in [0.3, 0.4) is 0 Å². The van der Waals surface area contributed by atoms with E-state index in [4.69, 9.17) is 28.4 Å². The Bertz CT molecular complexity index is 2610. The van der Waals surface area contributed by atoms with Crippen LogP contribution in [0.1, 0.15) is 98.3 Å². The van der Waals surface area contributed by atoms with E-state index in [0.717, 1.165) is 64.5 Å². The fraction of sp³-hybridized carbons (Fsp3) is 0.455. The third kappa shape index (κ3) is 9.72. The van der Waals surface area contributed by atoms with Crippen molar-refractivity contribution in [3.63, 3.8) is 0 Å². The van der Waals surface area contributed by atoms with E-state index in [1.54, 1.807) is 37.4 Å². The molecule has 0 spiro atoms. The largest absolute Gasteiger partial charge is 0.508 e. The van der Waals surface area contributed by atoms with Crippen molar-refractivity contribution in [3.05, 3.63) is 101 Å². The van der Waals surface area contributed by atoms with Gasteiger partial charge < -0.3 is 59.3 Å². The summed E-state index contributed by atoms with van der Waals surface area (Å²) in [6.07, 6.45) is 4.38. The molecule has 6 N–H and O–H groups in total. The van der Waals surface area contributed by atoms with Crippen LogP contribution in [-0.4, -0.2) is 90.5 Å². The van der Waals surface area contributed by atoms with Crippen molar-refractivity contribution in [2.24, 2.45) is 11.8 Å². The van der Waals surface area contributed by atoms with E-state index in [-0.39, 0.29) is 49.2 Å². The Morgan fingerprint density at radius 1 is 0.821 bits per heavy atom. The highest BCUT2D eigenvalue weighted by molar-refractivity contribution is 5.96. The topological polar surface area (TPSA) is 169 Å². The molecule has 0 saturated heterocycles. The SMILES string of the molecule is CCc1cc(-c2cccc(O)c2)c(Cc2cc(OC3CCCC3)cc3c2OC[C@H]([C@@H]2[C@@H](CCCOC)Oc4c5cc(c6cc(O)ccc46)OCC#CC[C@H](NC)[C@H](CCO)O[C@@H]52)[C@@H]3O)cc1O. The minimum atomic E-state index is -1.06. The second kappa shape index (κ2) is 20.7. The lowest BCUT2D eigenvalue weighted by molar-refractivity contribution is -0.141. The van der Waals surface area contributed by atoms with Crippen LogP contribution in [0.5, 0.6) is 40.2 Å². The number of phenolic OH excluding ortho intramolecular Hbond substituents is 3. The van der Waals surface area contributed by atoms with Gasteiger partial charge in [-0.3, -0.25) is 0 Å². The number of methoxy groups -OCH3 is 1. The molecule has 3 heterocycles. The lowest BCUT2D eigenvalue weighted by Crippen LogP contribution is -2.49. The number of nitrogens with one attached hydrogen (secondary N) is 1. The smallest absolute Gasteiger partial charge is 0.149 e. The number of likely N-dealkylation sites (N-methyl/N-ethyl adjacent to an activating group) is 1. The van der Waals surface area contributed by atoms with Crippen LogP contribution in [0, 0.1) is 23.7 Å². The molecule has 354 valence electrons. The van der Waals surface area contributed by atoms with E-state index in [9.17, 15) is 25.5 Å². The molecule has 5 aromatic rings. The summed E-state index contributed by atoms with van der Waals surface area (Å²) in [4.78, 5) is 0. The Labute approximate surface area is 392 Å². The van der Waals surface area contributed by atoms with Gasteiger partial charge in [0, 0.05) is 78.5 Å². The lowest BCUT2D eigenvalue weighted by Gasteiger charge is -2.47. The molecular weight excluding hydrogens is 851 g/mol. The van der Waals surface area contributed by atoms with Gasteiger partial charge in [0.2, 0.25) is 0 Å². The third-order valence-electron chi connectivity index (χ3n) is 14.2. The van der Waals surface area contributed by atoms with Crippen LogP contribution in [0.15, 0.2) is 72.8 Å². The Balaban J connectivity index is 1.18. The number of aliphatic hydroxyl groups excluding tert-OH is 2. The summed E-state index contributed by atoms with van der Waals surface area (Å²) < 4.78 is 40.2. The highest BCUT2D eigenvalue weighted by Gasteiger charge is 2.50. The average Bonchev–Trinajstić information content (AvgIpc) is 3.83. The number of fused-ring (bicyclic) bond motifs is 5. The van der Waals surface area contributed by atoms with Crippen LogP contribution in [-0.2, 0) is 22.3 Å². The van der Waals surface area contributed by atoms with E-state index < -0.39 is 36.3 Å². The Morgan fingerprint density at radius 3 is 2.43 bits per heavy atom. The number of aryl methyl sites for hydroxylation is 1. The number of ether oxygens (including phenoxy) is 6. The first-order valence-electron chi connectivity index (χ1n) is 23.9. The molecule has 9 rings (SSSR count). The Morgan fingerprint density at radius 2 is 1.66 bits per heavy atom. The zero-order valence-corrected chi connectivity index (χ0v) is 38.6. The molecule has 1 fully saturated rings. The molecule has 5 aromatic carbocycles. The van der Waals surface area contributed by atoms with Gasteiger partial charge in [0.15, 0.2) is 0 Å². The molecule has 4 aliphatic rings. The second-order valence-corrected chi connectivity index (χ2v) is 18.4. The van der Waals surface area contributed by atoms with Crippen molar-refractivity contribution in [1.82, 2.24) is 5.32 Å². The maximum absolute atomic E-state index is 13.1. The van der Waals surface area contributed by atoms with Crippen molar-refractivity contribution in [2.75, 3.05) is 40.6 Å². The number of rotatable bonds is 14. The number of phenols is 3. The average molecular weight is 914 g/mol. The van der Waals surface area contributed by atoms with Crippen molar-refractivity contribution in [1.29, 1.82) is 0 Å². The first-order valence-corrected chi connectivity index (χ1v) is 23.9. The van der Waals surface area contributed by atoms with Crippen molar-refractivity contribution in [3.8, 4) is 63.2 Å². The molecule has 1 aliphatic carbocycles. The van der Waals surface area contributed by atoms with E-state index in [1.807, 2.05) is 56.4 Å². The van der Waals surface area contributed by atoms with Gasteiger partial charge >= 0.3 is 0 Å². The molecule has 7 atom stereocenters. The van der Waals surface area contributed by atoms with E-state index in [0.29, 0.717) is 79.1 Å². The Hall–Kier alpha value is -5.68. The number of benzene rings is 5. The summed E-state index contributed by atoms with van der Waals surface area (Å²) >= 11 is 0. The highest BCUT2D eigenvalue weighted by Crippen LogP contribution is 2.55. The van der Waals surface area contributed by atoms with Gasteiger partial charge in [-0.05, 0) is 141 Å². The molecule has 12 heteroatoms. The maximum atomic E-state index is 13.1. The molecular formula is C55H63NO11. The number of hydrogen-bond donors (Lipinski definition) is 6. The number of aromatic hydroxyl groups is 3. The molecule has 67 heavy (non-hydrogen) atoms. The zero-order chi connectivity index (χ0) is 46.6. The lowest BCUT2D eigenvalue weighted by atomic mass is 9.72. The maximum Gasteiger partial charge on any atom is 0.149 e. The van der Waals surface area contributed by atoms with Crippen molar-refractivity contribution >= 4 is 10.8 Å². The minimum absolute atomic E-state index is 0.0403. The van der Waals surface area contributed by atoms with Crippen LogP contribution in [0.2, 0.25) is 0 Å². The predicted molar refractivity (Wildman–Crippen MR) is 255 cm³/mol. The number of hydrogen-bond acceptors (Lipinski definition) is 12. The molecule has 2 bridgehead atoms. The standard InChI is InChI=1S/C55H63NO11/c1-4-32-26-41(33-11-9-12-36(58)24-33)34(27-47(32)60)23-35-25-39(65-38-13-5-6-14-38)29-43-52(61)45(31-64-53(35)43)51-49(16-10-21-62-3)67-54-40-18-17-37(59)28-42(40)50-30-44(54)55(51)66-48(19-20-57)46(56-2)15-7-8-22-63-50/h9,11-12,17-18,24-30,38,45-46,48-49,51-52,55-61H,4-6,10,13-16,19-23,31H2,1-3H3/t45-,46+,48+,49-,51-,52-,55+/m1/s1. The van der Waals surface area contributed by atoms with Gasteiger partial charge in [0.25, 0.3) is 0 Å². The molecule has 12 nitrogen and oxygen atoms in total. The summed E-state index contributed by atoms with van der Waals surface area (Å²) in [5.41, 5.74) is 5.45. The first kappa shape index (κ1) is 46.4.